The Labute approximate surface area is 114 Å². The molecule has 20 heavy (non-hydrogen) atoms. The van der Waals surface area contributed by atoms with Gasteiger partial charge in [-0.15, -0.1) is 0 Å². The number of ether oxygens (including phenoxy) is 1. The molecular formula is C14H11F2N3O. The molecule has 2 aromatic carbocycles. The van der Waals surface area contributed by atoms with E-state index in [0.717, 1.165) is 6.07 Å². The second-order valence-electron chi connectivity index (χ2n) is 3.97. The zero-order chi connectivity index (χ0) is 14.7. The summed E-state index contributed by atoms with van der Waals surface area (Å²) in [5.74, 6) is -1.28. The predicted molar refractivity (Wildman–Crippen MR) is 71.8 cm³/mol. The van der Waals surface area contributed by atoms with Gasteiger partial charge in [0, 0.05) is 6.07 Å². The van der Waals surface area contributed by atoms with Gasteiger partial charge in [0.15, 0.2) is 5.82 Å². The van der Waals surface area contributed by atoms with E-state index < -0.39 is 11.6 Å². The van der Waals surface area contributed by atoms with Crippen molar-refractivity contribution in [3.8, 4) is 11.8 Å². The van der Waals surface area contributed by atoms with Crippen LogP contribution in [0.25, 0.3) is 0 Å². The molecular weight excluding hydrogens is 264 g/mol. The maximum atomic E-state index is 13.4. The van der Waals surface area contributed by atoms with Crippen LogP contribution in [-0.2, 0) is 0 Å². The summed E-state index contributed by atoms with van der Waals surface area (Å²) in [5, 5.41) is 11.8. The molecule has 0 amide bonds. The predicted octanol–water partition coefficient (Wildman–Crippen LogP) is 3.17. The van der Waals surface area contributed by atoms with Gasteiger partial charge in [-0.25, -0.2) is 8.78 Å². The third-order valence-corrected chi connectivity index (χ3v) is 2.72. The van der Waals surface area contributed by atoms with E-state index in [4.69, 9.17) is 15.7 Å². The minimum absolute atomic E-state index is 0.0310. The van der Waals surface area contributed by atoms with Crippen LogP contribution in [0.4, 0.5) is 25.8 Å². The standard InChI is InChI=1S/C14H11F2N3O/c1-20-12-4-2-3-8(7-17)14(12)19-11-6-9(15)5-10(16)13(11)18/h2-6,19H,18H2,1H3. The summed E-state index contributed by atoms with van der Waals surface area (Å²) in [6.45, 7) is 0. The van der Waals surface area contributed by atoms with Crippen molar-refractivity contribution in [1.82, 2.24) is 0 Å². The number of para-hydroxylation sites is 1. The van der Waals surface area contributed by atoms with E-state index in [-0.39, 0.29) is 16.9 Å². The van der Waals surface area contributed by atoms with Gasteiger partial charge in [-0.1, -0.05) is 6.07 Å². The number of hydrogen-bond acceptors (Lipinski definition) is 4. The highest BCUT2D eigenvalue weighted by molar-refractivity contribution is 5.79. The van der Waals surface area contributed by atoms with E-state index in [1.165, 1.54) is 7.11 Å². The second-order valence-corrected chi connectivity index (χ2v) is 3.97. The fourth-order valence-corrected chi connectivity index (χ4v) is 1.75. The van der Waals surface area contributed by atoms with Crippen LogP contribution in [0.5, 0.6) is 5.75 Å². The number of nitrogens with two attached hydrogens (primary N) is 1. The molecule has 0 aliphatic carbocycles. The highest BCUT2D eigenvalue weighted by Gasteiger charge is 2.13. The lowest BCUT2D eigenvalue weighted by Gasteiger charge is -2.14. The average molecular weight is 275 g/mol. The van der Waals surface area contributed by atoms with E-state index in [1.807, 2.05) is 6.07 Å². The van der Waals surface area contributed by atoms with Gasteiger partial charge in [0.2, 0.25) is 0 Å². The number of nitrogen functional groups attached to an aromatic ring is 1. The van der Waals surface area contributed by atoms with Gasteiger partial charge < -0.3 is 15.8 Å². The number of benzene rings is 2. The number of nitrogens with one attached hydrogen (secondary N) is 1. The molecule has 0 aromatic heterocycles. The van der Waals surface area contributed by atoms with Crippen LogP contribution >= 0.6 is 0 Å². The van der Waals surface area contributed by atoms with Crippen LogP contribution < -0.4 is 15.8 Å². The van der Waals surface area contributed by atoms with Gasteiger partial charge >= 0.3 is 0 Å². The molecule has 0 heterocycles. The third kappa shape index (κ3) is 2.47. The van der Waals surface area contributed by atoms with Gasteiger partial charge in [0.25, 0.3) is 0 Å². The highest BCUT2D eigenvalue weighted by atomic mass is 19.1. The molecule has 0 unspecified atom stereocenters. The van der Waals surface area contributed by atoms with Gasteiger partial charge in [-0.2, -0.15) is 5.26 Å². The highest BCUT2D eigenvalue weighted by Crippen LogP contribution is 2.34. The minimum atomic E-state index is -0.874. The number of nitrogens with zero attached hydrogens (tertiary/aromatic N) is 1. The van der Waals surface area contributed by atoms with Crippen LogP contribution in [0.3, 0.4) is 0 Å². The summed E-state index contributed by atoms with van der Waals surface area (Å²) in [4.78, 5) is 0. The summed E-state index contributed by atoms with van der Waals surface area (Å²) in [6.07, 6.45) is 0. The first kappa shape index (κ1) is 13.6. The van der Waals surface area contributed by atoms with Crippen LogP contribution in [0.15, 0.2) is 30.3 Å². The number of methoxy groups -OCH3 is 1. The maximum Gasteiger partial charge on any atom is 0.151 e. The Kier molecular flexibility index (Phi) is 3.71. The molecule has 0 spiro atoms. The number of hydrogen-bond donors (Lipinski definition) is 2. The van der Waals surface area contributed by atoms with Gasteiger partial charge in [0.1, 0.15) is 17.6 Å². The van der Waals surface area contributed by atoms with E-state index in [1.54, 1.807) is 18.2 Å². The molecule has 6 heteroatoms. The monoisotopic (exact) mass is 275 g/mol. The molecule has 0 aliphatic heterocycles. The first-order chi connectivity index (χ1) is 9.56. The largest absolute Gasteiger partial charge is 0.495 e. The number of anilines is 3. The molecule has 0 bridgehead atoms. The third-order valence-electron chi connectivity index (χ3n) is 2.72. The van der Waals surface area contributed by atoms with E-state index >= 15 is 0 Å². The van der Waals surface area contributed by atoms with Crippen molar-refractivity contribution in [3.63, 3.8) is 0 Å². The topological polar surface area (TPSA) is 71.1 Å². The Morgan fingerprint density at radius 3 is 2.70 bits per heavy atom. The molecule has 2 aromatic rings. The number of nitriles is 1. The average Bonchev–Trinajstić information content (AvgIpc) is 2.44. The fourth-order valence-electron chi connectivity index (χ4n) is 1.75. The molecule has 0 atom stereocenters. The lowest BCUT2D eigenvalue weighted by Crippen LogP contribution is -2.03. The molecule has 2 rings (SSSR count). The summed E-state index contributed by atoms with van der Waals surface area (Å²) in [7, 11) is 1.43. The number of rotatable bonds is 3. The molecule has 0 saturated carbocycles. The first-order valence-corrected chi connectivity index (χ1v) is 5.65. The number of halogens is 2. The Morgan fingerprint density at radius 2 is 2.05 bits per heavy atom. The van der Waals surface area contributed by atoms with Crippen LogP contribution in [0, 0.1) is 23.0 Å². The van der Waals surface area contributed by atoms with E-state index in [0.29, 0.717) is 17.5 Å². The summed E-state index contributed by atoms with van der Waals surface area (Å²) in [5.41, 5.74) is 5.92. The van der Waals surface area contributed by atoms with Gasteiger partial charge in [-0.3, -0.25) is 0 Å². The van der Waals surface area contributed by atoms with Crippen LogP contribution in [-0.4, -0.2) is 7.11 Å². The van der Waals surface area contributed by atoms with Crippen molar-refractivity contribution in [2.45, 2.75) is 0 Å². The van der Waals surface area contributed by atoms with Crippen molar-refractivity contribution in [2.75, 3.05) is 18.2 Å². The summed E-state index contributed by atoms with van der Waals surface area (Å²) < 4.78 is 31.8. The Bertz CT molecular complexity index is 696. The zero-order valence-electron chi connectivity index (χ0n) is 10.6. The molecule has 102 valence electrons. The lowest BCUT2D eigenvalue weighted by molar-refractivity contribution is 0.416. The van der Waals surface area contributed by atoms with Crippen LogP contribution in [0.1, 0.15) is 5.56 Å². The van der Waals surface area contributed by atoms with Crippen molar-refractivity contribution >= 4 is 17.1 Å². The molecule has 4 nitrogen and oxygen atoms in total. The van der Waals surface area contributed by atoms with Crippen molar-refractivity contribution in [3.05, 3.63) is 47.5 Å². The van der Waals surface area contributed by atoms with E-state index in [2.05, 4.69) is 5.32 Å². The summed E-state index contributed by atoms with van der Waals surface area (Å²) >= 11 is 0. The quantitative estimate of drug-likeness (QED) is 0.844. The minimum Gasteiger partial charge on any atom is -0.495 e. The molecule has 0 aliphatic rings. The van der Waals surface area contributed by atoms with Crippen LogP contribution in [0.2, 0.25) is 0 Å². The molecule has 0 fully saturated rings. The van der Waals surface area contributed by atoms with Gasteiger partial charge in [-0.05, 0) is 18.2 Å². The Hall–Kier alpha value is -2.81. The summed E-state index contributed by atoms with van der Waals surface area (Å²) in [6, 6.07) is 8.51. The maximum absolute atomic E-state index is 13.4. The fraction of sp³-hybridized carbons (Fsp3) is 0.0714. The first-order valence-electron chi connectivity index (χ1n) is 5.65. The van der Waals surface area contributed by atoms with Gasteiger partial charge in [0.05, 0.1) is 29.7 Å². The Balaban J connectivity index is 2.53. The normalized spacial score (nSPS) is 9.90. The van der Waals surface area contributed by atoms with Crippen molar-refractivity contribution in [1.29, 1.82) is 5.26 Å². The van der Waals surface area contributed by atoms with Crippen molar-refractivity contribution in [2.24, 2.45) is 0 Å². The zero-order valence-corrected chi connectivity index (χ0v) is 10.6. The second kappa shape index (κ2) is 5.45. The SMILES string of the molecule is COc1cccc(C#N)c1Nc1cc(F)cc(F)c1N. The van der Waals surface area contributed by atoms with E-state index in [9.17, 15) is 8.78 Å². The molecule has 0 saturated heterocycles. The Morgan fingerprint density at radius 1 is 1.30 bits per heavy atom. The smallest absolute Gasteiger partial charge is 0.151 e. The lowest BCUT2D eigenvalue weighted by atomic mass is 10.1. The van der Waals surface area contributed by atoms with Crippen molar-refractivity contribution < 1.29 is 13.5 Å². The molecule has 0 radical (unpaired) electrons. The molecule has 3 N–H and O–H groups in total.